The van der Waals surface area contributed by atoms with Crippen LogP contribution in [0.25, 0.3) is 11.1 Å². The Hall–Kier alpha value is -2.42. The van der Waals surface area contributed by atoms with E-state index in [9.17, 15) is 9.59 Å². The predicted molar refractivity (Wildman–Crippen MR) is 64.2 cm³/mol. The van der Waals surface area contributed by atoms with E-state index >= 15 is 0 Å². The molecule has 3 heteroatoms. The molecule has 0 aliphatic heterocycles. The van der Waals surface area contributed by atoms with Crippen LogP contribution in [0.2, 0.25) is 0 Å². The van der Waals surface area contributed by atoms with Crippen molar-refractivity contribution in [2.24, 2.45) is 0 Å². The van der Waals surface area contributed by atoms with Crippen LogP contribution in [0, 0.1) is 0 Å². The SMILES string of the molecule is O=Cc1cccc(-c2cccc(C(=O)O)c2)c1. The largest absolute Gasteiger partial charge is 0.478 e. The topological polar surface area (TPSA) is 54.4 Å². The number of hydrogen-bond acceptors (Lipinski definition) is 2. The Kier molecular flexibility index (Phi) is 3.01. The van der Waals surface area contributed by atoms with Crippen LogP contribution < -0.4 is 0 Å². The smallest absolute Gasteiger partial charge is 0.335 e. The third kappa shape index (κ3) is 2.39. The average molecular weight is 226 g/mol. The van der Waals surface area contributed by atoms with E-state index in [1.165, 1.54) is 6.07 Å². The van der Waals surface area contributed by atoms with E-state index < -0.39 is 5.97 Å². The molecule has 0 aromatic heterocycles. The highest BCUT2D eigenvalue weighted by atomic mass is 16.4. The summed E-state index contributed by atoms with van der Waals surface area (Å²) in [5.41, 5.74) is 2.42. The molecule has 0 aliphatic carbocycles. The summed E-state index contributed by atoms with van der Waals surface area (Å²) in [7, 11) is 0. The van der Waals surface area contributed by atoms with Gasteiger partial charge in [-0.25, -0.2) is 4.79 Å². The molecule has 3 nitrogen and oxygen atoms in total. The van der Waals surface area contributed by atoms with Crippen LogP contribution in [0.4, 0.5) is 0 Å². The number of hydrogen-bond donors (Lipinski definition) is 1. The lowest BCUT2D eigenvalue weighted by Gasteiger charge is -2.03. The van der Waals surface area contributed by atoms with Crippen LogP contribution in [-0.4, -0.2) is 17.4 Å². The van der Waals surface area contributed by atoms with Crippen molar-refractivity contribution in [3.63, 3.8) is 0 Å². The van der Waals surface area contributed by atoms with Crippen molar-refractivity contribution in [3.8, 4) is 11.1 Å². The van der Waals surface area contributed by atoms with Crippen molar-refractivity contribution in [2.75, 3.05) is 0 Å². The van der Waals surface area contributed by atoms with Gasteiger partial charge in [-0.1, -0.05) is 30.3 Å². The maximum Gasteiger partial charge on any atom is 0.335 e. The second-order valence-electron chi connectivity index (χ2n) is 3.63. The Bertz CT molecular complexity index is 573. The quantitative estimate of drug-likeness (QED) is 0.819. The van der Waals surface area contributed by atoms with Crippen LogP contribution in [0.15, 0.2) is 48.5 Å². The van der Waals surface area contributed by atoms with E-state index in [0.717, 1.165) is 17.4 Å². The second kappa shape index (κ2) is 4.61. The number of carboxylic acid groups (broad SMARTS) is 1. The van der Waals surface area contributed by atoms with E-state index in [4.69, 9.17) is 5.11 Å². The second-order valence-corrected chi connectivity index (χ2v) is 3.63. The van der Waals surface area contributed by atoms with E-state index in [2.05, 4.69) is 0 Å². The number of aldehydes is 1. The summed E-state index contributed by atoms with van der Waals surface area (Å²) >= 11 is 0. The van der Waals surface area contributed by atoms with Crippen molar-refractivity contribution < 1.29 is 14.7 Å². The van der Waals surface area contributed by atoms with Gasteiger partial charge in [-0.15, -0.1) is 0 Å². The Morgan fingerprint density at radius 3 is 2.29 bits per heavy atom. The molecule has 0 bridgehead atoms. The molecular weight excluding hydrogens is 216 g/mol. The van der Waals surface area contributed by atoms with E-state index in [1.807, 2.05) is 12.1 Å². The predicted octanol–water partition coefficient (Wildman–Crippen LogP) is 2.86. The zero-order chi connectivity index (χ0) is 12.3. The zero-order valence-corrected chi connectivity index (χ0v) is 8.96. The molecule has 0 heterocycles. The Morgan fingerprint density at radius 2 is 1.65 bits per heavy atom. The number of aromatic carboxylic acids is 1. The van der Waals surface area contributed by atoms with Gasteiger partial charge in [0.1, 0.15) is 6.29 Å². The van der Waals surface area contributed by atoms with Crippen molar-refractivity contribution >= 4 is 12.3 Å². The van der Waals surface area contributed by atoms with Crippen molar-refractivity contribution in [1.82, 2.24) is 0 Å². The maximum atomic E-state index is 10.9. The third-order valence-electron chi connectivity index (χ3n) is 2.47. The van der Waals surface area contributed by atoms with Crippen molar-refractivity contribution in [3.05, 3.63) is 59.7 Å². The summed E-state index contributed by atoms with van der Waals surface area (Å²) in [5.74, 6) is -0.960. The van der Waals surface area contributed by atoms with Gasteiger partial charge in [0.2, 0.25) is 0 Å². The molecule has 0 amide bonds. The van der Waals surface area contributed by atoms with Gasteiger partial charge < -0.3 is 5.11 Å². The van der Waals surface area contributed by atoms with Crippen LogP contribution in [0.1, 0.15) is 20.7 Å². The van der Waals surface area contributed by atoms with Crippen LogP contribution in [-0.2, 0) is 0 Å². The first-order chi connectivity index (χ1) is 8.20. The van der Waals surface area contributed by atoms with Crippen LogP contribution >= 0.6 is 0 Å². The molecule has 17 heavy (non-hydrogen) atoms. The van der Waals surface area contributed by atoms with Gasteiger partial charge in [0.25, 0.3) is 0 Å². The summed E-state index contributed by atoms with van der Waals surface area (Å²) in [6, 6.07) is 13.7. The molecule has 0 saturated carbocycles. The molecule has 2 aromatic carbocycles. The van der Waals surface area contributed by atoms with E-state index in [0.29, 0.717) is 5.56 Å². The molecule has 0 unspecified atom stereocenters. The molecule has 2 rings (SSSR count). The number of carboxylic acids is 1. The highest BCUT2D eigenvalue weighted by Gasteiger charge is 2.04. The molecule has 0 radical (unpaired) electrons. The molecule has 0 saturated heterocycles. The first-order valence-corrected chi connectivity index (χ1v) is 5.09. The van der Waals surface area contributed by atoms with Crippen LogP contribution in [0.5, 0.6) is 0 Å². The minimum absolute atomic E-state index is 0.235. The summed E-state index contributed by atoms with van der Waals surface area (Å²) in [6.45, 7) is 0. The van der Waals surface area contributed by atoms with Gasteiger partial charge in [0, 0.05) is 5.56 Å². The minimum atomic E-state index is -0.960. The van der Waals surface area contributed by atoms with Gasteiger partial charge in [0.05, 0.1) is 5.56 Å². The number of carbonyl (C=O) groups excluding carboxylic acids is 1. The molecule has 0 atom stereocenters. The minimum Gasteiger partial charge on any atom is -0.478 e. The molecule has 0 fully saturated rings. The highest BCUT2D eigenvalue weighted by molar-refractivity contribution is 5.89. The lowest BCUT2D eigenvalue weighted by atomic mass is 10.0. The molecule has 1 N–H and O–H groups in total. The Labute approximate surface area is 98.3 Å². The fourth-order valence-corrected chi connectivity index (χ4v) is 1.62. The highest BCUT2D eigenvalue weighted by Crippen LogP contribution is 2.21. The number of benzene rings is 2. The first-order valence-electron chi connectivity index (χ1n) is 5.09. The fraction of sp³-hybridized carbons (Fsp3) is 0. The summed E-state index contributed by atoms with van der Waals surface area (Å²) < 4.78 is 0. The molecular formula is C14H10O3. The number of rotatable bonds is 3. The maximum absolute atomic E-state index is 10.9. The zero-order valence-electron chi connectivity index (χ0n) is 8.96. The van der Waals surface area contributed by atoms with E-state index in [-0.39, 0.29) is 5.56 Å². The van der Waals surface area contributed by atoms with Gasteiger partial charge >= 0.3 is 5.97 Å². The lowest BCUT2D eigenvalue weighted by Crippen LogP contribution is -1.95. The molecule has 0 spiro atoms. The van der Waals surface area contributed by atoms with E-state index in [1.54, 1.807) is 30.3 Å². The fourth-order valence-electron chi connectivity index (χ4n) is 1.62. The molecule has 0 aliphatic rings. The van der Waals surface area contributed by atoms with Gasteiger partial charge in [0.15, 0.2) is 0 Å². The lowest BCUT2D eigenvalue weighted by molar-refractivity contribution is 0.0696. The average Bonchev–Trinajstić information content (AvgIpc) is 2.39. The molecule has 2 aromatic rings. The third-order valence-corrected chi connectivity index (χ3v) is 2.47. The molecule has 84 valence electrons. The summed E-state index contributed by atoms with van der Waals surface area (Å²) in [5, 5.41) is 8.90. The summed E-state index contributed by atoms with van der Waals surface area (Å²) in [6.07, 6.45) is 0.768. The van der Waals surface area contributed by atoms with Crippen molar-refractivity contribution in [2.45, 2.75) is 0 Å². The number of carbonyl (C=O) groups is 2. The van der Waals surface area contributed by atoms with Gasteiger partial charge in [-0.05, 0) is 29.3 Å². The van der Waals surface area contributed by atoms with Crippen molar-refractivity contribution in [1.29, 1.82) is 0 Å². The Morgan fingerprint density at radius 1 is 1.00 bits per heavy atom. The summed E-state index contributed by atoms with van der Waals surface area (Å²) in [4.78, 5) is 21.5. The standard InChI is InChI=1S/C14H10O3/c15-9-10-3-1-4-11(7-10)12-5-2-6-13(8-12)14(16)17/h1-9H,(H,16,17). The first kappa shape index (κ1) is 11.1. The van der Waals surface area contributed by atoms with Crippen LogP contribution in [0.3, 0.4) is 0 Å². The Balaban J connectivity index is 2.48. The van der Waals surface area contributed by atoms with Gasteiger partial charge in [-0.2, -0.15) is 0 Å². The normalized spacial score (nSPS) is 9.88. The monoisotopic (exact) mass is 226 g/mol. The van der Waals surface area contributed by atoms with Gasteiger partial charge in [-0.3, -0.25) is 4.79 Å².